The Bertz CT molecular complexity index is 461. The zero-order valence-corrected chi connectivity index (χ0v) is 15.6. The summed E-state index contributed by atoms with van der Waals surface area (Å²) < 4.78 is 6.56. The molecule has 21 heavy (non-hydrogen) atoms. The van der Waals surface area contributed by atoms with E-state index < -0.39 is 8.32 Å². The van der Waals surface area contributed by atoms with Crippen LogP contribution in [0.4, 0.5) is 5.69 Å². The summed E-state index contributed by atoms with van der Waals surface area (Å²) in [7, 11) is -1.64. The third-order valence-electron chi connectivity index (χ3n) is 5.12. The molecule has 1 aromatic rings. The highest BCUT2D eigenvalue weighted by molar-refractivity contribution is 6.74. The van der Waals surface area contributed by atoms with Crippen molar-refractivity contribution in [1.82, 2.24) is 0 Å². The molecule has 1 saturated heterocycles. The van der Waals surface area contributed by atoms with Crippen molar-refractivity contribution in [2.45, 2.75) is 64.8 Å². The molecule has 3 heteroatoms. The summed E-state index contributed by atoms with van der Waals surface area (Å²) in [4.78, 5) is 2.47. The number of hydrogen-bond donors (Lipinski definition) is 0. The van der Waals surface area contributed by atoms with Gasteiger partial charge in [0.25, 0.3) is 0 Å². The van der Waals surface area contributed by atoms with Crippen LogP contribution in [-0.4, -0.2) is 27.5 Å². The van der Waals surface area contributed by atoms with Gasteiger partial charge in [0, 0.05) is 18.8 Å². The van der Waals surface area contributed by atoms with E-state index >= 15 is 0 Å². The highest BCUT2D eigenvalue weighted by atomic mass is 28.4. The van der Waals surface area contributed by atoms with Crippen molar-refractivity contribution >= 4 is 14.0 Å². The topological polar surface area (TPSA) is 12.5 Å². The van der Waals surface area contributed by atoms with Gasteiger partial charge in [0.1, 0.15) is 0 Å². The van der Waals surface area contributed by atoms with E-state index in [1.165, 1.54) is 11.3 Å². The zero-order chi connectivity index (χ0) is 15.7. The lowest BCUT2D eigenvalue weighted by Crippen LogP contribution is -2.44. The Morgan fingerprint density at radius 3 is 2.33 bits per heavy atom. The number of benzene rings is 1. The van der Waals surface area contributed by atoms with Gasteiger partial charge in [-0.2, -0.15) is 0 Å². The van der Waals surface area contributed by atoms with Crippen LogP contribution >= 0.6 is 0 Å². The van der Waals surface area contributed by atoms with Gasteiger partial charge in [-0.1, -0.05) is 39.8 Å². The molecule has 1 aliphatic rings. The van der Waals surface area contributed by atoms with Crippen LogP contribution in [0.5, 0.6) is 0 Å². The molecule has 0 bridgehead atoms. The maximum Gasteiger partial charge on any atom is 0.192 e. The molecule has 0 N–H and O–H groups in total. The number of anilines is 1. The molecule has 0 spiro atoms. The average molecular weight is 306 g/mol. The predicted octanol–water partition coefficient (Wildman–Crippen LogP) is 4.85. The van der Waals surface area contributed by atoms with Gasteiger partial charge in [-0.3, -0.25) is 0 Å². The molecule has 1 fully saturated rings. The molecule has 0 aliphatic carbocycles. The first-order valence-electron chi connectivity index (χ1n) is 8.24. The monoisotopic (exact) mass is 305 g/mol. The van der Waals surface area contributed by atoms with Crippen LogP contribution in [0, 0.1) is 0 Å². The van der Waals surface area contributed by atoms with Crippen LogP contribution in [0.2, 0.25) is 18.1 Å². The fraction of sp³-hybridized carbons (Fsp3) is 0.667. The molecule has 0 saturated carbocycles. The van der Waals surface area contributed by atoms with E-state index in [4.69, 9.17) is 4.43 Å². The van der Waals surface area contributed by atoms with Crippen molar-refractivity contribution in [1.29, 1.82) is 0 Å². The van der Waals surface area contributed by atoms with Crippen molar-refractivity contribution in [3.63, 3.8) is 0 Å². The van der Waals surface area contributed by atoms with Gasteiger partial charge in [0.2, 0.25) is 0 Å². The normalized spacial score (nSPS) is 20.1. The molecule has 2 nitrogen and oxygen atoms in total. The molecular weight excluding hydrogens is 274 g/mol. The van der Waals surface area contributed by atoms with Crippen LogP contribution in [0.1, 0.15) is 39.7 Å². The minimum Gasteiger partial charge on any atom is -0.412 e. The highest BCUT2D eigenvalue weighted by Crippen LogP contribution is 2.38. The lowest BCUT2D eigenvalue weighted by atomic mass is 10.1. The van der Waals surface area contributed by atoms with Gasteiger partial charge in [0.05, 0.1) is 6.10 Å². The first kappa shape index (κ1) is 16.6. The summed E-state index contributed by atoms with van der Waals surface area (Å²) in [5, 5.41) is 0.295. The first-order chi connectivity index (χ1) is 9.73. The number of hydrogen-bond acceptors (Lipinski definition) is 2. The standard InChI is InChI=1S/C18H31NOSi/c1-7-15-8-10-16(11-9-15)19-13-12-17(14-19)20-21(5,6)18(2,3)4/h8-11,17H,7,12-14H2,1-6H3. The van der Waals surface area contributed by atoms with E-state index in [9.17, 15) is 0 Å². The summed E-state index contributed by atoms with van der Waals surface area (Å²) >= 11 is 0. The fourth-order valence-corrected chi connectivity index (χ4v) is 3.97. The minimum absolute atomic E-state index is 0.295. The summed E-state index contributed by atoms with van der Waals surface area (Å²) in [6.07, 6.45) is 2.66. The summed E-state index contributed by atoms with van der Waals surface area (Å²) in [5.41, 5.74) is 2.75. The number of rotatable bonds is 4. The molecule has 1 unspecified atom stereocenters. The van der Waals surface area contributed by atoms with Crippen molar-refractivity contribution < 1.29 is 4.43 Å². The Hall–Kier alpha value is -0.803. The smallest absolute Gasteiger partial charge is 0.192 e. The van der Waals surface area contributed by atoms with E-state index in [1.54, 1.807) is 0 Å². The third-order valence-corrected chi connectivity index (χ3v) is 9.66. The Labute approximate surface area is 131 Å². The zero-order valence-electron chi connectivity index (χ0n) is 14.6. The summed E-state index contributed by atoms with van der Waals surface area (Å²) in [6.45, 7) is 16.0. The van der Waals surface area contributed by atoms with Crippen LogP contribution < -0.4 is 4.90 Å². The van der Waals surface area contributed by atoms with E-state index in [-0.39, 0.29) is 0 Å². The van der Waals surface area contributed by atoms with Gasteiger partial charge in [-0.05, 0) is 48.7 Å². The quantitative estimate of drug-likeness (QED) is 0.737. The molecule has 1 aromatic carbocycles. The van der Waals surface area contributed by atoms with Crippen LogP contribution in [0.15, 0.2) is 24.3 Å². The van der Waals surface area contributed by atoms with Crippen molar-refractivity contribution in [2.75, 3.05) is 18.0 Å². The van der Waals surface area contributed by atoms with Gasteiger partial charge < -0.3 is 9.33 Å². The maximum atomic E-state index is 6.56. The fourth-order valence-electron chi connectivity index (χ4n) is 2.59. The summed E-state index contributed by atoms with van der Waals surface area (Å²) in [5.74, 6) is 0. The van der Waals surface area contributed by atoms with Crippen molar-refractivity contribution in [3.05, 3.63) is 29.8 Å². The maximum absolute atomic E-state index is 6.56. The largest absolute Gasteiger partial charge is 0.412 e. The molecule has 1 aliphatic heterocycles. The van der Waals surface area contributed by atoms with Crippen molar-refractivity contribution in [3.8, 4) is 0 Å². The molecular formula is C18H31NOSi. The number of nitrogens with zero attached hydrogens (tertiary/aromatic N) is 1. The molecule has 1 atom stereocenters. The molecule has 1 heterocycles. The molecule has 118 valence electrons. The van der Waals surface area contributed by atoms with Gasteiger partial charge in [-0.25, -0.2) is 0 Å². The van der Waals surface area contributed by atoms with Crippen LogP contribution in [0.25, 0.3) is 0 Å². The first-order valence-corrected chi connectivity index (χ1v) is 11.2. The van der Waals surface area contributed by atoms with Crippen molar-refractivity contribution in [2.24, 2.45) is 0 Å². The molecule has 0 aromatic heterocycles. The lowest BCUT2D eigenvalue weighted by Gasteiger charge is -2.38. The van der Waals surface area contributed by atoms with Gasteiger partial charge in [0.15, 0.2) is 8.32 Å². The second kappa shape index (κ2) is 6.13. The Morgan fingerprint density at radius 1 is 1.19 bits per heavy atom. The van der Waals surface area contributed by atoms with Crippen LogP contribution in [0.3, 0.4) is 0 Å². The van der Waals surface area contributed by atoms with E-state index in [1.807, 2.05) is 0 Å². The Kier molecular flexibility index (Phi) is 4.84. The van der Waals surface area contributed by atoms with Gasteiger partial charge in [-0.15, -0.1) is 0 Å². The highest BCUT2D eigenvalue weighted by Gasteiger charge is 2.40. The van der Waals surface area contributed by atoms with Crippen LogP contribution in [-0.2, 0) is 10.8 Å². The summed E-state index contributed by atoms with van der Waals surface area (Å²) in [6, 6.07) is 9.01. The molecule has 2 rings (SSSR count). The van der Waals surface area contributed by atoms with E-state index in [0.717, 1.165) is 25.9 Å². The molecule has 0 radical (unpaired) electrons. The van der Waals surface area contributed by atoms with E-state index in [0.29, 0.717) is 11.1 Å². The second-order valence-corrected chi connectivity index (χ2v) is 12.5. The lowest BCUT2D eigenvalue weighted by molar-refractivity contribution is 0.202. The molecule has 0 amide bonds. The minimum atomic E-state index is -1.64. The van der Waals surface area contributed by atoms with Gasteiger partial charge >= 0.3 is 0 Å². The Balaban J connectivity index is 1.97. The number of aryl methyl sites for hydroxylation is 1. The average Bonchev–Trinajstić information content (AvgIpc) is 2.85. The SMILES string of the molecule is CCc1ccc(N2CCC(O[Si](C)(C)C(C)(C)C)C2)cc1. The Morgan fingerprint density at radius 2 is 1.81 bits per heavy atom. The predicted molar refractivity (Wildman–Crippen MR) is 94.7 cm³/mol. The van der Waals surface area contributed by atoms with E-state index in [2.05, 4.69) is 70.0 Å². The second-order valence-electron chi connectivity index (χ2n) is 7.75. The third kappa shape index (κ3) is 3.89.